The van der Waals surface area contributed by atoms with E-state index in [0.717, 1.165) is 5.56 Å². The van der Waals surface area contributed by atoms with Crippen LogP contribution in [-0.4, -0.2) is 27.1 Å². The highest BCUT2D eigenvalue weighted by molar-refractivity contribution is 6.07. The minimum atomic E-state index is -0.842. The number of aromatic amines is 1. The number of benzene rings is 1. The molecule has 0 aliphatic heterocycles. The number of carbonyl (C=O) groups is 1. The van der Waals surface area contributed by atoms with Gasteiger partial charge in [0.05, 0.1) is 12.2 Å². The molecule has 0 bridgehead atoms. The number of nitrogens with two attached hydrogens (primary N) is 1. The molecular weight excluding hydrogens is 270 g/mol. The van der Waals surface area contributed by atoms with Crippen molar-refractivity contribution in [3.05, 3.63) is 53.9 Å². The molecule has 2 unspecified atom stereocenters. The van der Waals surface area contributed by atoms with E-state index in [9.17, 15) is 4.79 Å². The van der Waals surface area contributed by atoms with Crippen molar-refractivity contribution in [3.63, 3.8) is 0 Å². The highest BCUT2D eigenvalue weighted by Gasteiger charge is 2.26. The van der Waals surface area contributed by atoms with Crippen LogP contribution in [0.5, 0.6) is 0 Å². The number of nitrogens with zero attached hydrogens (tertiary/aromatic N) is 2. The molecule has 7 nitrogen and oxygen atoms in total. The molecule has 21 heavy (non-hydrogen) atoms. The van der Waals surface area contributed by atoms with Gasteiger partial charge in [0.1, 0.15) is 5.92 Å². The zero-order chi connectivity index (χ0) is 15.2. The molecule has 2 atom stereocenters. The van der Waals surface area contributed by atoms with Gasteiger partial charge in [-0.15, -0.1) is 0 Å². The monoisotopic (exact) mass is 287 g/mol. The molecule has 0 aliphatic rings. The fourth-order valence-electron chi connectivity index (χ4n) is 2.04. The summed E-state index contributed by atoms with van der Waals surface area (Å²) < 4.78 is 0. The minimum Gasteiger partial charge on any atom is -0.409 e. The van der Waals surface area contributed by atoms with Crippen LogP contribution in [0, 0.1) is 0 Å². The van der Waals surface area contributed by atoms with Gasteiger partial charge >= 0.3 is 0 Å². The Bertz CT molecular complexity index is 610. The quantitative estimate of drug-likeness (QED) is 0.285. The molecule has 1 aromatic carbocycles. The summed E-state index contributed by atoms with van der Waals surface area (Å²) in [6.45, 7) is 1.83. The molecule has 2 rings (SSSR count). The van der Waals surface area contributed by atoms with E-state index < -0.39 is 5.92 Å². The first-order chi connectivity index (χ1) is 10.1. The second-order valence-corrected chi connectivity index (χ2v) is 4.63. The van der Waals surface area contributed by atoms with Gasteiger partial charge in [-0.05, 0) is 12.5 Å². The maximum atomic E-state index is 12.4. The zero-order valence-electron chi connectivity index (χ0n) is 11.5. The van der Waals surface area contributed by atoms with Crippen LogP contribution in [0.3, 0.4) is 0 Å². The Kier molecular flexibility index (Phi) is 4.55. The Morgan fingerprint density at radius 2 is 2.10 bits per heavy atom. The third kappa shape index (κ3) is 3.38. The van der Waals surface area contributed by atoms with Gasteiger partial charge in [-0.3, -0.25) is 9.89 Å². The van der Waals surface area contributed by atoms with Crippen molar-refractivity contribution in [2.45, 2.75) is 18.9 Å². The van der Waals surface area contributed by atoms with Crippen molar-refractivity contribution in [2.75, 3.05) is 0 Å². The first-order valence-corrected chi connectivity index (χ1v) is 6.45. The second kappa shape index (κ2) is 6.56. The molecule has 0 saturated carbocycles. The lowest BCUT2D eigenvalue weighted by Crippen LogP contribution is -2.38. The van der Waals surface area contributed by atoms with E-state index in [4.69, 9.17) is 10.9 Å². The number of H-pyrrole nitrogens is 1. The average molecular weight is 287 g/mol. The van der Waals surface area contributed by atoms with Crippen LogP contribution in [-0.2, 0) is 4.79 Å². The molecule has 2 aromatic rings. The number of rotatable bonds is 5. The van der Waals surface area contributed by atoms with Gasteiger partial charge in [-0.1, -0.05) is 35.5 Å². The van der Waals surface area contributed by atoms with E-state index in [2.05, 4.69) is 20.7 Å². The fraction of sp³-hybridized carbons (Fsp3) is 0.214. The lowest BCUT2D eigenvalue weighted by Gasteiger charge is -2.19. The number of amides is 1. The van der Waals surface area contributed by atoms with Gasteiger partial charge in [0.15, 0.2) is 5.84 Å². The Morgan fingerprint density at radius 3 is 2.67 bits per heavy atom. The summed E-state index contributed by atoms with van der Waals surface area (Å²) in [6, 6.07) is 8.68. The Labute approximate surface area is 121 Å². The number of carbonyl (C=O) groups excluding carboxylic acids is 1. The normalized spacial score (nSPS) is 14.4. The highest BCUT2D eigenvalue weighted by atomic mass is 16.4. The number of nitrogens with one attached hydrogen (secondary N) is 2. The lowest BCUT2D eigenvalue weighted by atomic mass is 9.96. The van der Waals surface area contributed by atoms with Crippen LogP contribution in [0.25, 0.3) is 0 Å². The first-order valence-electron chi connectivity index (χ1n) is 6.45. The van der Waals surface area contributed by atoms with E-state index in [1.165, 1.54) is 0 Å². The fourth-order valence-corrected chi connectivity index (χ4v) is 2.04. The third-order valence-corrected chi connectivity index (χ3v) is 3.18. The van der Waals surface area contributed by atoms with Crippen molar-refractivity contribution in [1.29, 1.82) is 0 Å². The van der Waals surface area contributed by atoms with Crippen LogP contribution in [0.1, 0.15) is 30.0 Å². The smallest absolute Gasteiger partial charge is 0.235 e. The number of hydrogen-bond acceptors (Lipinski definition) is 4. The van der Waals surface area contributed by atoms with E-state index >= 15 is 0 Å². The predicted octanol–water partition coefficient (Wildman–Crippen LogP) is 1.12. The molecule has 0 fully saturated rings. The summed E-state index contributed by atoms with van der Waals surface area (Å²) in [5.41, 5.74) is 7.16. The van der Waals surface area contributed by atoms with Gasteiger partial charge < -0.3 is 16.3 Å². The SMILES string of the molecule is CC(NC(=O)C(/C(N)=N/O)c1ccccc1)c1cn[nH]c1. The largest absolute Gasteiger partial charge is 0.409 e. The Morgan fingerprint density at radius 1 is 1.38 bits per heavy atom. The number of oxime groups is 1. The molecule has 5 N–H and O–H groups in total. The lowest BCUT2D eigenvalue weighted by molar-refractivity contribution is -0.121. The van der Waals surface area contributed by atoms with Crippen LogP contribution in [0.2, 0.25) is 0 Å². The molecule has 1 aromatic heterocycles. The maximum Gasteiger partial charge on any atom is 0.235 e. The predicted molar refractivity (Wildman–Crippen MR) is 77.7 cm³/mol. The molecule has 0 radical (unpaired) electrons. The van der Waals surface area contributed by atoms with Gasteiger partial charge in [-0.2, -0.15) is 5.10 Å². The molecule has 1 heterocycles. The topological polar surface area (TPSA) is 116 Å². The van der Waals surface area contributed by atoms with Crippen molar-refractivity contribution in [2.24, 2.45) is 10.9 Å². The third-order valence-electron chi connectivity index (χ3n) is 3.18. The van der Waals surface area contributed by atoms with Crippen molar-refractivity contribution < 1.29 is 10.0 Å². The van der Waals surface area contributed by atoms with Crippen LogP contribution >= 0.6 is 0 Å². The Hall–Kier alpha value is -2.83. The van der Waals surface area contributed by atoms with Crippen LogP contribution in [0.4, 0.5) is 0 Å². The summed E-state index contributed by atoms with van der Waals surface area (Å²) in [5, 5.41) is 21.2. The van der Waals surface area contributed by atoms with Gasteiger partial charge in [-0.25, -0.2) is 0 Å². The summed E-state index contributed by atoms with van der Waals surface area (Å²) in [6.07, 6.45) is 3.33. The van der Waals surface area contributed by atoms with E-state index in [1.54, 1.807) is 36.7 Å². The Balaban J connectivity index is 2.20. The van der Waals surface area contributed by atoms with Crippen molar-refractivity contribution in [1.82, 2.24) is 15.5 Å². The summed E-state index contributed by atoms with van der Waals surface area (Å²) in [7, 11) is 0. The number of aromatic nitrogens is 2. The molecule has 0 saturated heterocycles. The van der Waals surface area contributed by atoms with Gasteiger partial charge in [0.2, 0.25) is 5.91 Å². The highest BCUT2D eigenvalue weighted by Crippen LogP contribution is 2.18. The molecule has 110 valence electrons. The number of hydrogen-bond donors (Lipinski definition) is 4. The van der Waals surface area contributed by atoms with Crippen LogP contribution in [0.15, 0.2) is 47.9 Å². The number of amidine groups is 1. The van der Waals surface area contributed by atoms with Gasteiger partial charge in [0, 0.05) is 11.8 Å². The first kappa shape index (κ1) is 14.6. The zero-order valence-corrected chi connectivity index (χ0v) is 11.5. The second-order valence-electron chi connectivity index (χ2n) is 4.63. The van der Waals surface area contributed by atoms with Crippen molar-refractivity contribution in [3.8, 4) is 0 Å². The molecule has 0 spiro atoms. The molecular formula is C14H17N5O2. The summed E-state index contributed by atoms with van der Waals surface area (Å²) in [5.74, 6) is -1.34. The van der Waals surface area contributed by atoms with E-state index in [1.807, 2.05) is 13.0 Å². The van der Waals surface area contributed by atoms with Crippen molar-refractivity contribution >= 4 is 11.7 Å². The standard InChI is InChI=1S/C14H17N5O2/c1-9(11-7-16-17-8-11)18-14(20)12(13(15)19-21)10-5-3-2-4-6-10/h2-9,12,21H,1H3,(H2,15,19)(H,16,17)(H,18,20). The minimum absolute atomic E-state index is 0.155. The van der Waals surface area contributed by atoms with E-state index in [0.29, 0.717) is 5.56 Å². The maximum absolute atomic E-state index is 12.4. The molecule has 1 amide bonds. The summed E-state index contributed by atoms with van der Waals surface area (Å²) >= 11 is 0. The average Bonchev–Trinajstić information content (AvgIpc) is 3.02. The van der Waals surface area contributed by atoms with Crippen LogP contribution < -0.4 is 11.1 Å². The van der Waals surface area contributed by atoms with E-state index in [-0.39, 0.29) is 17.8 Å². The summed E-state index contributed by atoms with van der Waals surface area (Å²) in [4.78, 5) is 12.4. The molecule has 0 aliphatic carbocycles. The van der Waals surface area contributed by atoms with Gasteiger partial charge in [0.25, 0.3) is 0 Å². The molecule has 7 heteroatoms.